The molecule has 0 N–H and O–H groups in total. The van der Waals surface area contributed by atoms with Gasteiger partial charge in [-0.15, -0.1) is 0 Å². The molecule has 0 unspecified atom stereocenters. The first-order valence-corrected chi connectivity index (χ1v) is 19.0. The van der Waals surface area contributed by atoms with Crippen molar-refractivity contribution in [2.24, 2.45) is 0 Å². The average Bonchev–Trinajstić information content (AvgIpc) is 3.95. The van der Waals surface area contributed by atoms with E-state index in [1.807, 2.05) is 66.7 Å². The van der Waals surface area contributed by atoms with Gasteiger partial charge in [-0.1, -0.05) is 109 Å². The van der Waals surface area contributed by atoms with Crippen molar-refractivity contribution in [2.75, 3.05) is 0 Å². The van der Waals surface area contributed by atoms with E-state index in [0.717, 1.165) is 77.3 Å². The standard InChI is InChI=1S/C51H30N4O2/c1-3-11-31(12-4-1)33-20-24-44-40(27-33)37-15-7-9-17-43(37)55(44)36-22-26-47-42(30-36)41-28-34(21-25-46(41)56-47)50-52-49(32-13-5-2-6-14-32)53-51(54-50)35-19-23-39-38-16-8-10-18-45(38)57-48(39)29-35/h1-30H. The van der Waals surface area contributed by atoms with Crippen molar-refractivity contribution in [3.8, 4) is 51.0 Å². The Balaban J connectivity index is 1.01. The number of hydrogen-bond acceptors (Lipinski definition) is 5. The predicted octanol–water partition coefficient (Wildman–Crippen LogP) is 13.4. The SMILES string of the molecule is c1ccc(-c2ccc3c(c2)c2ccccc2n3-c2ccc3oc4ccc(-c5nc(-c6ccccc6)nc(-c6ccc7c(c6)oc6ccccc67)n5)cc4c3c2)cc1. The van der Waals surface area contributed by atoms with Crippen LogP contribution in [-0.2, 0) is 0 Å². The topological polar surface area (TPSA) is 69.9 Å². The van der Waals surface area contributed by atoms with Crippen LogP contribution in [0.25, 0.3) is 117 Å². The van der Waals surface area contributed by atoms with Gasteiger partial charge in [-0.2, -0.15) is 0 Å². The number of fused-ring (bicyclic) bond motifs is 9. The summed E-state index contributed by atoms with van der Waals surface area (Å²) in [4.78, 5) is 15.1. The van der Waals surface area contributed by atoms with Crippen LogP contribution in [0, 0.1) is 0 Å². The Morgan fingerprint density at radius 1 is 0.298 bits per heavy atom. The first-order chi connectivity index (χ1) is 28.2. The molecule has 6 nitrogen and oxygen atoms in total. The van der Waals surface area contributed by atoms with Crippen molar-refractivity contribution in [1.82, 2.24) is 19.5 Å². The van der Waals surface area contributed by atoms with Gasteiger partial charge in [0.2, 0.25) is 0 Å². The normalized spacial score (nSPS) is 11.9. The Morgan fingerprint density at radius 3 is 1.63 bits per heavy atom. The number of benzene rings is 8. The third kappa shape index (κ3) is 5.08. The molecule has 0 aliphatic rings. The minimum absolute atomic E-state index is 0.572. The highest BCUT2D eigenvalue weighted by molar-refractivity contribution is 6.12. The van der Waals surface area contributed by atoms with Crippen LogP contribution in [0.5, 0.6) is 0 Å². The highest BCUT2D eigenvalue weighted by atomic mass is 16.3. The molecule has 4 aromatic heterocycles. The monoisotopic (exact) mass is 730 g/mol. The first kappa shape index (κ1) is 31.5. The number of aromatic nitrogens is 4. The summed E-state index contributed by atoms with van der Waals surface area (Å²) in [6.07, 6.45) is 0. The molecule has 0 aliphatic carbocycles. The zero-order valence-corrected chi connectivity index (χ0v) is 30.4. The van der Waals surface area contributed by atoms with Crippen LogP contribution < -0.4 is 0 Å². The molecule has 0 atom stereocenters. The Labute approximate surface area is 325 Å². The van der Waals surface area contributed by atoms with Crippen LogP contribution in [0.4, 0.5) is 0 Å². The molecular weight excluding hydrogens is 701 g/mol. The Morgan fingerprint density at radius 2 is 0.825 bits per heavy atom. The summed E-state index contributed by atoms with van der Waals surface area (Å²) in [6.45, 7) is 0. The van der Waals surface area contributed by atoms with Gasteiger partial charge in [0.15, 0.2) is 17.5 Å². The van der Waals surface area contributed by atoms with Crippen molar-refractivity contribution < 1.29 is 8.83 Å². The molecule has 12 aromatic rings. The largest absolute Gasteiger partial charge is 0.456 e. The maximum absolute atomic E-state index is 6.43. The minimum atomic E-state index is 0.572. The van der Waals surface area contributed by atoms with E-state index in [1.54, 1.807) is 0 Å². The van der Waals surface area contributed by atoms with Gasteiger partial charge in [0.1, 0.15) is 22.3 Å². The average molecular weight is 731 g/mol. The summed E-state index contributed by atoms with van der Waals surface area (Å²) in [5.41, 5.74) is 11.6. The molecule has 4 heterocycles. The molecule has 0 amide bonds. The van der Waals surface area contributed by atoms with Gasteiger partial charge in [0, 0.05) is 54.7 Å². The van der Waals surface area contributed by atoms with Crippen LogP contribution in [0.2, 0.25) is 0 Å². The zero-order valence-electron chi connectivity index (χ0n) is 30.4. The van der Waals surface area contributed by atoms with Crippen molar-refractivity contribution in [2.45, 2.75) is 0 Å². The van der Waals surface area contributed by atoms with Crippen LogP contribution >= 0.6 is 0 Å². The smallest absolute Gasteiger partial charge is 0.164 e. The molecular formula is C51H30N4O2. The molecule has 6 heteroatoms. The lowest BCUT2D eigenvalue weighted by Gasteiger charge is -2.09. The minimum Gasteiger partial charge on any atom is -0.456 e. The molecule has 0 radical (unpaired) electrons. The van der Waals surface area contributed by atoms with E-state index in [-0.39, 0.29) is 0 Å². The van der Waals surface area contributed by atoms with Gasteiger partial charge in [0.25, 0.3) is 0 Å². The summed E-state index contributed by atoms with van der Waals surface area (Å²) in [5.74, 6) is 1.75. The molecule has 12 rings (SSSR count). The third-order valence-corrected chi connectivity index (χ3v) is 11.1. The van der Waals surface area contributed by atoms with Gasteiger partial charge in [-0.25, -0.2) is 15.0 Å². The van der Waals surface area contributed by atoms with Crippen LogP contribution in [0.15, 0.2) is 191 Å². The lowest BCUT2D eigenvalue weighted by Crippen LogP contribution is -2.00. The Hall–Kier alpha value is -7.83. The van der Waals surface area contributed by atoms with E-state index in [2.05, 4.69) is 120 Å². The maximum Gasteiger partial charge on any atom is 0.164 e. The highest BCUT2D eigenvalue weighted by Gasteiger charge is 2.18. The van der Waals surface area contributed by atoms with Crippen molar-refractivity contribution in [3.05, 3.63) is 182 Å². The number of para-hydroxylation sites is 2. The summed E-state index contributed by atoms with van der Waals surface area (Å²) < 4.78 is 15.0. The number of nitrogens with zero attached hydrogens (tertiary/aromatic N) is 4. The molecule has 0 saturated heterocycles. The van der Waals surface area contributed by atoms with Gasteiger partial charge in [-0.3, -0.25) is 0 Å². The molecule has 0 aliphatic heterocycles. The summed E-state index contributed by atoms with van der Waals surface area (Å²) in [6, 6.07) is 62.9. The second-order valence-electron chi connectivity index (χ2n) is 14.4. The molecule has 0 saturated carbocycles. The molecule has 8 aromatic carbocycles. The fraction of sp³-hybridized carbons (Fsp3) is 0. The van der Waals surface area contributed by atoms with Crippen molar-refractivity contribution >= 4 is 65.7 Å². The van der Waals surface area contributed by atoms with Crippen molar-refractivity contribution in [1.29, 1.82) is 0 Å². The molecule has 0 bridgehead atoms. The lowest BCUT2D eigenvalue weighted by atomic mass is 10.0. The zero-order chi connectivity index (χ0) is 37.5. The third-order valence-electron chi connectivity index (χ3n) is 11.1. The summed E-state index contributed by atoms with van der Waals surface area (Å²) >= 11 is 0. The summed E-state index contributed by atoms with van der Waals surface area (Å²) in [5, 5.41) is 6.57. The molecule has 0 fully saturated rings. The molecule has 266 valence electrons. The summed E-state index contributed by atoms with van der Waals surface area (Å²) in [7, 11) is 0. The van der Waals surface area contributed by atoms with Crippen molar-refractivity contribution in [3.63, 3.8) is 0 Å². The fourth-order valence-electron chi connectivity index (χ4n) is 8.32. The van der Waals surface area contributed by atoms with E-state index in [1.165, 1.54) is 21.9 Å². The molecule has 57 heavy (non-hydrogen) atoms. The van der Waals surface area contributed by atoms with Gasteiger partial charge < -0.3 is 13.4 Å². The highest BCUT2D eigenvalue weighted by Crippen LogP contribution is 2.39. The second-order valence-corrected chi connectivity index (χ2v) is 14.4. The number of furan rings is 2. The Bertz CT molecular complexity index is 3530. The van der Waals surface area contributed by atoms with E-state index >= 15 is 0 Å². The Kier molecular flexibility index (Phi) is 6.83. The van der Waals surface area contributed by atoms with Gasteiger partial charge in [0.05, 0.1) is 11.0 Å². The van der Waals surface area contributed by atoms with Crippen LogP contribution in [0.1, 0.15) is 0 Å². The predicted molar refractivity (Wildman–Crippen MR) is 230 cm³/mol. The number of rotatable bonds is 5. The van der Waals surface area contributed by atoms with E-state index in [0.29, 0.717) is 17.5 Å². The van der Waals surface area contributed by atoms with Gasteiger partial charge >= 0.3 is 0 Å². The van der Waals surface area contributed by atoms with E-state index in [9.17, 15) is 0 Å². The second kappa shape index (κ2) is 12.3. The lowest BCUT2D eigenvalue weighted by molar-refractivity contribution is 0.668. The van der Waals surface area contributed by atoms with Gasteiger partial charge in [-0.05, 0) is 83.9 Å². The van der Waals surface area contributed by atoms with Crippen LogP contribution in [-0.4, -0.2) is 19.5 Å². The van der Waals surface area contributed by atoms with E-state index in [4.69, 9.17) is 23.8 Å². The quantitative estimate of drug-likeness (QED) is 0.176. The number of hydrogen-bond donors (Lipinski definition) is 0. The van der Waals surface area contributed by atoms with Crippen LogP contribution in [0.3, 0.4) is 0 Å². The maximum atomic E-state index is 6.43. The fourth-order valence-corrected chi connectivity index (χ4v) is 8.32. The van der Waals surface area contributed by atoms with E-state index < -0.39 is 0 Å². The first-order valence-electron chi connectivity index (χ1n) is 19.0. The molecule has 0 spiro atoms.